The summed E-state index contributed by atoms with van der Waals surface area (Å²) in [6.45, 7) is -0.320. The minimum absolute atomic E-state index is 0.0677. The standard InChI is InChI=1S/C11H16F2N2O3S/c1-14-19(16,17)10-5-3-2-4-9(10)15-6-7-18-8-11(12)13/h2-5,11,14-15H,6-8H2,1H3. The summed E-state index contributed by atoms with van der Waals surface area (Å²) in [5, 5.41) is 2.84. The minimum Gasteiger partial charge on any atom is -0.382 e. The normalized spacial score (nSPS) is 11.8. The molecule has 0 bridgehead atoms. The molecular weight excluding hydrogens is 278 g/mol. The fourth-order valence-corrected chi connectivity index (χ4v) is 2.29. The van der Waals surface area contributed by atoms with Gasteiger partial charge in [-0.15, -0.1) is 0 Å². The SMILES string of the molecule is CNS(=O)(=O)c1ccccc1NCCOCC(F)F. The van der Waals surface area contributed by atoms with Crippen LogP contribution in [0.3, 0.4) is 0 Å². The van der Waals surface area contributed by atoms with Gasteiger partial charge in [0.2, 0.25) is 10.0 Å². The number of nitrogens with one attached hydrogen (secondary N) is 2. The third-order valence-electron chi connectivity index (χ3n) is 2.25. The van der Waals surface area contributed by atoms with Crippen LogP contribution in [0.15, 0.2) is 29.2 Å². The van der Waals surface area contributed by atoms with E-state index in [0.29, 0.717) is 5.69 Å². The second-order valence-electron chi connectivity index (χ2n) is 3.60. The van der Waals surface area contributed by atoms with Crippen molar-refractivity contribution in [3.05, 3.63) is 24.3 Å². The molecular formula is C11H16F2N2O3S. The summed E-state index contributed by atoms with van der Waals surface area (Å²) in [6.07, 6.45) is -2.50. The van der Waals surface area contributed by atoms with Crippen molar-refractivity contribution in [2.45, 2.75) is 11.3 Å². The van der Waals surface area contributed by atoms with E-state index in [0.717, 1.165) is 0 Å². The van der Waals surface area contributed by atoms with Crippen LogP contribution in [0.1, 0.15) is 0 Å². The number of ether oxygens (including phenoxy) is 1. The lowest BCUT2D eigenvalue weighted by molar-refractivity contribution is 0.0215. The van der Waals surface area contributed by atoms with Crippen molar-refractivity contribution in [3.8, 4) is 0 Å². The Morgan fingerprint density at radius 3 is 2.63 bits per heavy atom. The molecule has 1 rings (SSSR count). The highest BCUT2D eigenvalue weighted by Crippen LogP contribution is 2.19. The first-order valence-electron chi connectivity index (χ1n) is 5.59. The van der Waals surface area contributed by atoms with Crippen molar-refractivity contribution in [3.63, 3.8) is 0 Å². The molecule has 0 radical (unpaired) electrons. The molecule has 0 spiro atoms. The molecule has 8 heteroatoms. The van der Waals surface area contributed by atoms with Gasteiger partial charge in [-0.05, 0) is 19.2 Å². The molecule has 0 amide bonds. The van der Waals surface area contributed by atoms with Gasteiger partial charge in [0, 0.05) is 6.54 Å². The number of sulfonamides is 1. The molecule has 0 aromatic heterocycles. The zero-order valence-corrected chi connectivity index (χ0v) is 11.2. The highest BCUT2D eigenvalue weighted by atomic mass is 32.2. The molecule has 5 nitrogen and oxygen atoms in total. The van der Waals surface area contributed by atoms with Gasteiger partial charge in [0.1, 0.15) is 11.5 Å². The summed E-state index contributed by atoms with van der Waals surface area (Å²) >= 11 is 0. The van der Waals surface area contributed by atoms with Crippen molar-refractivity contribution in [2.75, 3.05) is 32.1 Å². The Balaban J connectivity index is 2.59. The van der Waals surface area contributed by atoms with E-state index in [2.05, 4.69) is 10.0 Å². The molecule has 0 saturated carbocycles. The largest absolute Gasteiger partial charge is 0.382 e. The lowest BCUT2D eigenvalue weighted by Gasteiger charge is -2.12. The number of rotatable bonds is 8. The highest BCUT2D eigenvalue weighted by Gasteiger charge is 2.15. The summed E-state index contributed by atoms with van der Waals surface area (Å²) in [7, 11) is -2.24. The van der Waals surface area contributed by atoms with Crippen molar-refractivity contribution in [1.29, 1.82) is 0 Å². The number of para-hydroxylation sites is 1. The topological polar surface area (TPSA) is 67.4 Å². The first kappa shape index (κ1) is 15.8. The second-order valence-corrected chi connectivity index (χ2v) is 5.45. The predicted octanol–water partition coefficient (Wildman–Crippen LogP) is 1.29. The number of alkyl halides is 2. The lowest BCUT2D eigenvalue weighted by atomic mass is 10.3. The number of hydrogen-bond acceptors (Lipinski definition) is 4. The lowest BCUT2D eigenvalue weighted by Crippen LogP contribution is -2.21. The summed E-state index contributed by atoms with van der Waals surface area (Å²) < 4.78 is 54.0. The van der Waals surface area contributed by atoms with Crippen molar-refractivity contribution in [2.24, 2.45) is 0 Å². The molecule has 0 heterocycles. The molecule has 1 aromatic carbocycles. The Kier molecular flexibility index (Phi) is 6.13. The van der Waals surface area contributed by atoms with E-state index >= 15 is 0 Å². The van der Waals surface area contributed by atoms with Crippen LogP contribution in [-0.2, 0) is 14.8 Å². The summed E-state index contributed by atoms with van der Waals surface area (Å²) in [5.74, 6) is 0. The van der Waals surface area contributed by atoms with E-state index < -0.39 is 23.1 Å². The minimum atomic E-state index is -3.56. The van der Waals surface area contributed by atoms with Crippen molar-refractivity contribution in [1.82, 2.24) is 4.72 Å². The summed E-state index contributed by atoms with van der Waals surface area (Å²) in [6, 6.07) is 6.32. The second kappa shape index (κ2) is 7.37. The van der Waals surface area contributed by atoms with Crippen LogP contribution in [0.25, 0.3) is 0 Å². The molecule has 108 valence electrons. The Morgan fingerprint density at radius 2 is 2.00 bits per heavy atom. The first-order valence-corrected chi connectivity index (χ1v) is 7.08. The molecule has 0 saturated heterocycles. The van der Waals surface area contributed by atoms with Gasteiger partial charge in [-0.2, -0.15) is 0 Å². The number of hydrogen-bond donors (Lipinski definition) is 2. The maximum atomic E-state index is 11.8. The highest BCUT2D eigenvalue weighted by molar-refractivity contribution is 7.89. The quantitative estimate of drug-likeness (QED) is 0.709. The smallest absolute Gasteiger partial charge is 0.261 e. The molecule has 0 fully saturated rings. The van der Waals surface area contributed by atoms with Gasteiger partial charge in [0.25, 0.3) is 6.43 Å². The van der Waals surface area contributed by atoms with Crippen molar-refractivity contribution < 1.29 is 21.9 Å². The van der Waals surface area contributed by atoms with Crippen LogP contribution in [0.2, 0.25) is 0 Å². The number of benzene rings is 1. The number of anilines is 1. The van der Waals surface area contributed by atoms with Gasteiger partial charge in [0.15, 0.2) is 0 Å². The van der Waals surface area contributed by atoms with Gasteiger partial charge in [0.05, 0.1) is 12.3 Å². The van der Waals surface area contributed by atoms with E-state index in [1.54, 1.807) is 18.2 Å². The van der Waals surface area contributed by atoms with E-state index in [-0.39, 0.29) is 18.0 Å². The predicted molar refractivity (Wildman–Crippen MR) is 68.0 cm³/mol. The molecule has 19 heavy (non-hydrogen) atoms. The molecule has 0 atom stereocenters. The molecule has 1 aromatic rings. The van der Waals surface area contributed by atoms with E-state index in [4.69, 9.17) is 4.74 Å². The Hall–Kier alpha value is -1.25. The van der Waals surface area contributed by atoms with Crippen LogP contribution in [-0.4, -0.2) is 41.6 Å². The van der Waals surface area contributed by atoms with Crippen LogP contribution >= 0.6 is 0 Å². The zero-order valence-electron chi connectivity index (χ0n) is 10.4. The van der Waals surface area contributed by atoms with E-state index in [9.17, 15) is 17.2 Å². The van der Waals surface area contributed by atoms with Gasteiger partial charge < -0.3 is 10.1 Å². The molecule has 0 aliphatic heterocycles. The zero-order chi connectivity index (χ0) is 14.3. The Morgan fingerprint density at radius 1 is 1.32 bits per heavy atom. The summed E-state index contributed by atoms with van der Waals surface area (Å²) in [4.78, 5) is 0.103. The van der Waals surface area contributed by atoms with Gasteiger partial charge in [-0.25, -0.2) is 21.9 Å². The summed E-state index contributed by atoms with van der Waals surface area (Å²) in [5.41, 5.74) is 0.400. The van der Waals surface area contributed by atoms with Gasteiger partial charge in [-0.1, -0.05) is 12.1 Å². The van der Waals surface area contributed by atoms with Crippen LogP contribution in [0, 0.1) is 0 Å². The third-order valence-corrected chi connectivity index (χ3v) is 3.72. The van der Waals surface area contributed by atoms with Crippen LogP contribution in [0.5, 0.6) is 0 Å². The van der Waals surface area contributed by atoms with Gasteiger partial charge >= 0.3 is 0 Å². The fraction of sp³-hybridized carbons (Fsp3) is 0.455. The molecule has 0 unspecified atom stereocenters. The average Bonchev–Trinajstić information content (AvgIpc) is 2.38. The maximum absolute atomic E-state index is 11.8. The Labute approximate surface area is 111 Å². The van der Waals surface area contributed by atoms with Crippen LogP contribution < -0.4 is 10.0 Å². The fourth-order valence-electron chi connectivity index (χ4n) is 1.39. The van der Waals surface area contributed by atoms with E-state index in [1.165, 1.54) is 13.1 Å². The number of halogens is 2. The third kappa shape index (κ3) is 5.09. The molecule has 0 aliphatic rings. The first-order chi connectivity index (χ1) is 8.97. The molecule has 0 aliphatic carbocycles. The average molecular weight is 294 g/mol. The van der Waals surface area contributed by atoms with Crippen molar-refractivity contribution >= 4 is 15.7 Å². The monoisotopic (exact) mass is 294 g/mol. The molecule has 2 N–H and O–H groups in total. The van der Waals surface area contributed by atoms with Gasteiger partial charge in [-0.3, -0.25) is 0 Å². The van der Waals surface area contributed by atoms with E-state index in [1.807, 2.05) is 0 Å². The maximum Gasteiger partial charge on any atom is 0.261 e. The Bertz CT molecular complexity index is 494. The van der Waals surface area contributed by atoms with Crippen LogP contribution in [0.4, 0.5) is 14.5 Å².